The van der Waals surface area contributed by atoms with Crippen LogP contribution < -0.4 is 10.1 Å². The van der Waals surface area contributed by atoms with E-state index in [2.05, 4.69) is 21.2 Å². The number of amides is 1. The van der Waals surface area contributed by atoms with Gasteiger partial charge in [-0.2, -0.15) is 0 Å². The molecule has 0 heterocycles. The number of rotatable bonds is 6. The highest BCUT2D eigenvalue weighted by Crippen LogP contribution is 2.27. The van der Waals surface area contributed by atoms with Crippen LogP contribution in [0.4, 0.5) is 0 Å². The molecular formula is C11H13BrClNO3. The number of halogens is 2. The molecule has 0 aliphatic heterocycles. The fraction of sp³-hybridized carbons (Fsp3) is 0.364. The van der Waals surface area contributed by atoms with Gasteiger partial charge in [-0.25, -0.2) is 0 Å². The number of benzene rings is 1. The fourth-order valence-electron chi connectivity index (χ4n) is 1.09. The van der Waals surface area contributed by atoms with Crippen molar-refractivity contribution >= 4 is 33.4 Å². The molecule has 1 rings (SSSR count). The van der Waals surface area contributed by atoms with E-state index in [0.29, 0.717) is 23.7 Å². The molecule has 4 nitrogen and oxygen atoms in total. The molecule has 94 valence electrons. The molecule has 0 saturated heterocycles. The molecule has 0 aromatic heterocycles. The van der Waals surface area contributed by atoms with Crippen LogP contribution in [-0.4, -0.2) is 30.8 Å². The van der Waals surface area contributed by atoms with E-state index in [4.69, 9.17) is 21.4 Å². The van der Waals surface area contributed by atoms with Crippen molar-refractivity contribution in [2.24, 2.45) is 0 Å². The van der Waals surface area contributed by atoms with Gasteiger partial charge < -0.3 is 15.2 Å². The van der Waals surface area contributed by atoms with Gasteiger partial charge in [0.15, 0.2) is 6.61 Å². The summed E-state index contributed by atoms with van der Waals surface area (Å²) in [6.45, 7) is 0.402. The zero-order valence-corrected chi connectivity index (χ0v) is 11.4. The molecule has 6 heteroatoms. The van der Waals surface area contributed by atoms with Crippen molar-refractivity contribution in [2.45, 2.75) is 6.42 Å². The lowest BCUT2D eigenvalue weighted by atomic mass is 10.3. The molecule has 0 saturated carbocycles. The maximum Gasteiger partial charge on any atom is 0.257 e. The van der Waals surface area contributed by atoms with Gasteiger partial charge in [-0.3, -0.25) is 4.79 Å². The summed E-state index contributed by atoms with van der Waals surface area (Å²) in [6.07, 6.45) is 0.533. The molecule has 0 aliphatic rings. The molecule has 0 bridgehead atoms. The van der Waals surface area contributed by atoms with Gasteiger partial charge in [0.25, 0.3) is 5.91 Å². The summed E-state index contributed by atoms with van der Waals surface area (Å²) in [5.74, 6) is 0.226. The molecule has 17 heavy (non-hydrogen) atoms. The zero-order chi connectivity index (χ0) is 12.7. The lowest BCUT2D eigenvalue weighted by molar-refractivity contribution is -0.123. The van der Waals surface area contributed by atoms with Crippen molar-refractivity contribution < 1.29 is 14.6 Å². The molecule has 0 fully saturated rings. The van der Waals surface area contributed by atoms with Gasteiger partial charge in [0.1, 0.15) is 5.75 Å². The standard InChI is InChI=1S/C11H13BrClNO3/c12-8-2-3-10(9(13)6-8)17-7-11(16)14-4-1-5-15/h2-3,6,15H,1,4-5,7H2,(H,14,16). The van der Waals surface area contributed by atoms with E-state index in [9.17, 15) is 4.79 Å². The van der Waals surface area contributed by atoms with Gasteiger partial charge in [-0.15, -0.1) is 0 Å². The van der Waals surface area contributed by atoms with E-state index < -0.39 is 0 Å². The minimum atomic E-state index is -0.238. The Balaban J connectivity index is 2.37. The Hall–Kier alpha value is -0.780. The van der Waals surface area contributed by atoms with Crippen LogP contribution in [0, 0.1) is 0 Å². The van der Waals surface area contributed by atoms with E-state index >= 15 is 0 Å². The lowest BCUT2D eigenvalue weighted by Crippen LogP contribution is -2.30. The van der Waals surface area contributed by atoms with Crippen molar-refractivity contribution in [3.63, 3.8) is 0 Å². The summed E-state index contributed by atoms with van der Waals surface area (Å²) >= 11 is 9.20. The van der Waals surface area contributed by atoms with E-state index in [-0.39, 0.29) is 19.1 Å². The Bertz CT molecular complexity index is 387. The number of carbonyl (C=O) groups is 1. The molecule has 0 unspecified atom stereocenters. The fourth-order valence-corrected chi connectivity index (χ4v) is 1.82. The van der Waals surface area contributed by atoms with Crippen molar-refractivity contribution in [2.75, 3.05) is 19.8 Å². The molecule has 0 radical (unpaired) electrons. The Morgan fingerprint density at radius 2 is 2.29 bits per heavy atom. The van der Waals surface area contributed by atoms with Crippen LogP contribution in [0.5, 0.6) is 5.75 Å². The summed E-state index contributed by atoms with van der Waals surface area (Å²) in [5, 5.41) is 11.6. The number of aliphatic hydroxyl groups is 1. The van der Waals surface area contributed by atoms with Crippen molar-refractivity contribution in [3.8, 4) is 5.75 Å². The van der Waals surface area contributed by atoms with Crippen LogP contribution in [0.15, 0.2) is 22.7 Å². The summed E-state index contributed by atoms with van der Waals surface area (Å²) in [5.41, 5.74) is 0. The van der Waals surface area contributed by atoms with Crippen LogP contribution in [-0.2, 0) is 4.79 Å². The third kappa shape index (κ3) is 5.39. The minimum Gasteiger partial charge on any atom is -0.482 e. The average molecular weight is 323 g/mol. The van der Waals surface area contributed by atoms with E-state index in [1.807, 2.05) is 0 Å². The first kappa shape index (κ1) is 14.3. The second kappa shape index (κ2) is 7.53. The van der Waals surface area contributed by atoms with Crippen LogP contribution >= 0.6 is 27.5 Å². The molecule has 2 N–H and O–H groups in total. The maximum atomic E-state index is 11.3. The van der Waals surface area contributed by atoms with Gasteiger partial charge in [0, 0.05) is 17.6 Å². The van der Waals surface area contributed by atoms with E-state index in [1.54, 1.807) is 18.2 Å². The highest BCUT2D eigenvalue weighted by atomic mass is 79.9. The molecule has 1 amide bonds. The zero-order valence-electron chi connectivity index (χ0n) is 9.08. The monoisotopic (exact) mass is 321 g/mol. The second-order valence-corrected chi connectivity index (χ2v) is 4.61. The molecule has 1 aromatic carbocycles. The topological polar surface area (TPSA) is 58.6 Å². The predicted molar refractivity (Wildman–Crippen MR) is 69.4 cm³/mol. The van der Waals surface area contributed by atoms with Crippen LogP contribution in [0.3, 0.4) is 0 Å². The maximum absolute atomic E-state index is 11.3. The van der Waals surface area contributed by atoms with Crippen LogP contribution in [0.25, 0.3) is 0 Å². The van der Waals surface area contributed by atoms with E-state index in [0.717, 1.165) is 4.47 Å². The normalized spacial score (nSPS) is 10.1. The first-order valence-electron chi connectivity index (χ1n) is 5.09. The number of carbonyl (C=O) groups excluding carboxylic acids is 1. The average Bonchev–Trinajstić information content (AvgIpc) is 2.28. The third-order valence-corrected chi connectivity index (χ3v) is 2.70. The van der Waals surface area contributed by atoms with Gasteiger partial charge in [-0.05, 0) is 24.6 Å². The van der Waals surface area contributed by atoms with Gasteiger partial charge >= 0.3 is 0 Å². The number of hydrogen-bond acceptors (Lipinski definition) is 3. The third-order valence-electron chi connectivity index (χ3n) is 1.91. The SMILES string of the molecule is O=C(COc1ccc(Br)cc1Cl)NCCCO. The van der Waals surface area contributed by atoms with Gasteiger partial charge in [-0.1, -0.05) is 27.5 Å². The molecule has 0 aliphatic carbocycles. The van der Waals surface area contributed by atoms with Gasteiger partial charge in [0.05, 0.1) is 5.02 Å². The summed E-state index contributed by atoms with van der Waals surface area (Å²) in [4.78, 5) is 11.3. The number of aliphatic hydroxyl groups excluding tert-OH is 1. The highest BCUT2D eigenvalue weighted by Gasteiger charge is 2.05. The Morgan fingerprint density at radius 3 is 2.94 bits per heavy atom. The summed E-state index contributed by atoms with van der Waals surface area (Å²) < 4.78 is 6.11. The Kier molecular flexibility index (Phi) is 6.32. The largest absolute Gasteiger partial charge is 0.482 e. The minimum absolute atomic E-state index is 0.0552. The Morgan fingerprint density at radius 1 is 1.53 bits per heavy atom. The summed E-state index contributed by atoms with van der Waals surface area (Å²) in [6, 6.07) is 5.17. The van der Waals surface area contributed by atoms with E-state index in [1.165, 1.54) is 0 Å². The lowest BCUT2D eigenvalue weighted by Gasteiger charge is -2.08. The van der Waals surface area contributed by atoms with Crippen LogP contribution in [0.2, 0.25) is 5.02 Å². The predicted octanol–water partition coefficient (Wildman–Crippen LogP) is 1.98. The summed E-state index contributed by atoms with van der Waals surface area (Å²) in [7, 11) is 0. The molecule has 1 aromatic rings. The first-order chi connectivity index (χ1) is 8.13. The van der Waals surface area contributed by atoms with Gasteiger partial charge in [0.2, 0.25) is 0 Å². The quantitative estimate of drug-likeness (QED) is 0.787. The van der Waals surface area contributed by atoms with Crippen molar-refractivity contribution in [3.05, 3.63) is 27.7 Å². The highest BCUT2D eigenvalue weighted by molar-refractivity contribution is 9.10. The number of nitrogens with one attached hydrogen (secondary N) is 1. The van der Waals surface area contributed by atoms with Crippen molar-refractivity contribution in [1.82, 2.24) is 5.32 Å². The number of hydrogen-bond donors (Lipinski definition) is 2. The second-order valence-electron chi connectivity index (χ2n) is 3.29. The van der Waals surface area contributed by atoms with Crippen molar-refractivity contribution in [1.29, 1.82) is 0 Å². The molecule has 0 atom stereocenters. The smallest absolute Gasteiger partial charge is 0.257 e. The Labute approximate surface area is 113 Å². The molecular weight excluding hydrogens is 309 g/mol. The molecule has 0 spiro atoms. The first-order valence-corrected chi connectivity index (χ1v) is 6.26. The number of ether oxygens (including phenoxy) is 1. The van der Waals surface area contributed by atoms with Crippen LogP contribution in [0.1, 0.15) is 6.42 Å².